The van der Waals surface area contributed by atoms with Crippen molar-refractivity contribution in [3.8, 4) is 0 Å². The van der Waals surface area contributed by atoms with Crippen molar-refractivity contribution in [3.63, 3.8) is 0 Å². The molecule has 0 amide bonds. The zero-order valence-corrected chi connectivity index (χ0v) is 10.5. The Morgan fingerprint density at radius 1 is 1.53 bits per heavy atom. The average Bonchev–Trinajstić information content (AvgIpc) is 2.18. The lowest BCUT2D eigenvalue weighted by molar-refractivity contribution is -0.138. The molecule has 1 aromatic carbocycles. The molecule has 1 rings (SSSR count). The second-order valence-corrected chi connectivity index (χ2v) is 4.96. The van der Waals surface area contributed by atoms with Gasteiger partial charge in [0, 0.05) is 12.1 Å². The molecule has 0 bridgehead atoms. The summed E-state index contributed by atoms with van der Waals surface area (Å²) >= 11 is 5.57. The molecule has 0 aromatic heterocycles. The zero-order valence-electron chi connectivity index (χ0n) is 9.76. The fourth-order valence-corrected chi connectivity index (χ4v) is 1.55. The Labute approximate surface area is 105 Å². The number of benzene rings is 1. The molecular weight excluding hydrogens is 245 g/mol. The van der Waals surface area contributed by atoms with Crippen LogP contribution in [-0.2, 0) is 11.3 Å². The van der Waals surface area contributed by atoms with E-state index in [2.05, 4.69) is 5.32 Å². The highest BCUT2D eigenvalue weighted by Crippen LogP contribution is 2.16. The Hall–Kier alpha value is -1.13. The highest BCUT2D eigenvalue weighted by atomic mass is 35.5. The molecule has 0 spiro atoms. The van der Waals surface area contributed by atoms with Gasteiger partial charge in [-0.2, -0.15) is 0 Å². The molecule has 17 heavy (non-hydrogen) atoms. The molecule has 0 fully saturated rings. The third kappa shape index (κ3) is 4.71. The first-order valence-corrected chi connectivity index (χ1v) is 5.59. The van der Waals surface area contributed by atoms with Crippen LogP contribution in [0.4, 0.5) is 4.39 Å². The molecule has 0 radical (unpaired) electrons. The molecule has 0 aliphatic rings. The third-order valence-corrected chi connectivity index (χ3v) is 2.65. The van der Waals surface area contributed by atoms with Crippen LogP contribution in [-0.4, -0.2) is 16.6 Å². The standard InChI is InChI=1S/C12H15ClFNO2/c1-12(2,6-11(16)17)15-7-8-3-4-9(13)10(14)5-8/h3-5,15H,6-7H2,1-2H3,(H,16,17). The van der Waals surface area contributed by atoms with E-state index in [1.807, 2.05) is 0 Å². The lowest BCUT2D eigenvalue weighted by Gasteiger charge is -2.24. The van der Waals surface area contributed by atoms with Gasteiger partial charge in [-0.3, -0.25) is 4.79 Å². The molecule has 94 valence electrons. The topological polar surface area (TPSA) is 49.3 Å². The van der Waals surface area contributed by atoms with Crippen LogP contribution in [0, 0.1) is 5.82 Å². The molecule has 0 unspecified atom stereocenters. The molecule has 2 N–H and O–H groups in total. The van der Waals surface area contributed by atoms with E-state index >= 15 is 0 Å². The number of hydrogen-bond donors (Lipinski definition) is 2. The zero-order chi connectivity index (χ0) is 13.1. The van der Waals surface area contributed by atoms with Gasteiger partial charge in [0.05, 0.1) is 11.4 Å². The number of aliphatic carboxylic acids is 1. The summed E-state index contributed by atoms with van der Waals surface area (Å²) in [5, 5.41) is 11.9. The summed E-state index contributed by atoms with van der Waals surface area (Å²) in [6, 6.07) is 4.53. The van der Waals surface area contributed by atoms with Crippen molar-refractivity contribution in [2.45, 2.75) is 32.4 Å². The summed E-state index contributed by atoms with van der Waals surface area (Å²) in [6.07, 6.45) is 0.00305. The maximum Gasteiger partial charge on any atom is 0.305 e. The Bertz CT molecular complexity index is 421. The van der Waals surface area contributed by atoms with Crippen LogP contribution in [0.3, 0.4) is 0 Å². The van der Waals surface area contributed by atoms with Crippen LogP contribution in [0.1, 0.15) is 25.8 Å². The average molecular weight is 260 g/mol. The van der Waals surface area contributed by atoms with Crippen LogP contribution in [0.2, 0.25) is 5.02 Å². The van der Waals surface area contributed by atoms with Crippen LogP contribution in [0.15, 0.2) is 18.2 Å². The summed E-state index contributed by atoms with van der Waals surface area (Å²) in [7, 11) is 0. The van der Waals surface area contributed by atoms with Crippen molar-refractivity contribution in [1.29, 1.82) is 0 Å². The van der Waals surface area contributed by atoms with E-state index in [0.717, 1.165) is 5.56 Å². The van der Waals surface area contributed by atoms with Gasteiger partial charge < -0.3 is 10.4 Å². The van der Waals surface area contributed by atoms with E-state index in [4.69, 9.17) is 16.7 Å². The molecule has 0 saturated carbocycles. The Balaban J connectivity index is 2.60. The quantitative estimate of drug-likeness (QED) is 0.855. The number of nitrogens with one attached hydrogen (secondary N) is 1. The molecule has 0 aliphatic heterocycles. The van der Waals surface area contributed by atoms with Crippen molar-refractivity contribution in [3.05, 3.63) is 34.6 Å². The maximum absolute atomic E-state index is 13.2. The molecule has 0 saturated heterocycles. The molecular formula is C12H15ClFNO2. The lowest BCUT2D eigenvalue weighted by atomic mass is 10.0. The van der Waals surface area contributed by atoms with E-state index in [1.165, 1.54) is 12.1 Å². The van der Waals surface area contributed by atoms with Gasteiger partial charge >= 0.3 is 5.97 Å². The molecule has 0 heterocycles. The number of halogens is 2. The fraction of sp³-hybridized carbons (Fsp3) is 0.417. The molecule has 1 aromatic rings. The SMILES string of the molecule is CC(C)(CC(=O)O)NCc1ccc(Cl)c(F)c1. The van der Waals surface area contributed by atoms with Crippen LogP contribution < -0.4 is 5.32 Å². The second-order valence-electron chi connectivity index (χ2n) is 4.56. The fourth-order valence-electron chi connectivity index (χ4n) is 1.43. The Morgan fingerprint density at radius 3 is 2.71 bits per heavy atom. The van der Waals surface area contributed by atoms with E-state index in [0.29, 0.717) is 6.54 Å². The van der Waals surface area contributed by atoms with Gasteiger partial charge in [-0.1, -0.05) is 17.7 Å². The number of carboxylic acid groups (broad SMARTS) is 1. The summed E-state index contributed by atoms with van der Waals surface area (Å²) in [4.78, 5) is 10.6. The first-order valence-electron chi connectivity index (χ1n) is 5.21. The molecule has 3 nitrogen and oxygen atoms in total. The van der Waals surface area contributed by atoms with Gasteiger partial charge in [0.2, 0.25) is 0 Å². The number of carboxylic acids is 1. The van der Waals surface area contributed by atoms with E-state index in [9.17, 15) is 9.18 Å². The van der Waals surface area contributed by atoms with Crippen molar-refractivity contribution in [2.75, 3.05) is 0 Å². The van der Waals surface area contributed by atoms with Gasteiger partial charge in [-0.05, 0) is 31.5 Å². The summed E-state index contributed by atoms with van der Waals surface area (Å²) < 4.78 is 13.2. The number of hydrogen-bond acceptors (Lipinski definition) is 2. The second kappa shape index (κ2) is 5.47. The van der Waals surface area contributed by atoms with Gasteiger partial charge in [-0.25, -0.2) is 4.39 Å². The minimum Gasteiger partial charge on any atom is -0.481 e. The minimum atomic E-state index is -0.871. The largest absolute Gasteiger partial charge is 0.481 e. The van der Waals surface area contributed by atoms with E-state index in [-0.39, 0.29) is 11.4 Å². The first kappa shape index (κ1) is 13.9. The molecule has 0 aliphatic carbocycles. The van der Waals surface area contributed by atoms with Crippen molar-refractivity contribution in [2.24, 2.45) is 0 Å². The first-order chi connectivity index (χ1) is 7.80. The highest BCUT2D eigenvalue weighted by Gasteiger charge is 2.20. The smallest absolute Gasteiger partial charge is 0.305 e. The highest BCUT2D eigenvalue weighted by molar-refractivity contribution is 6.30. The minimum absolute atomic E-state index is 0.00305. The lowest BCUT2D eigenvalue weighted by Crippen LogP contribution is -2.40. The van der Waals surface area contributed by atoms with Gasteiger partial charge in [0.15, 0.2) is 0 Å². The molecule has 5 heteroatoms. The third-order valence-electron chi connectivity index (χ3n) is 2.35. The summed E-state index contributed by atoms with van der Waals surface area (Å²) in [6.45, 7) is 3.97. The van der Waals surface area contributed by atoms with Crippen LogP contribution in [0.25, 0.3) is 0 Å². The maximum atomic E-state index is 13.2. The van der Waals surface area contributed by atoms with Gasteiger partial charge in [0.25, 0.3) is 0 Å². The number of rotatable bonds is 5. The van der Waals surface area contributed by atoms with E-state index < -0.39 is 17.3 Å². The van der Waals surface area contributed by atoms with Crippen molar-refractivity contribution >= 4 is 17.6 Å². The Morgan fingerprint density at radius 2 is 2.18 bits per heavy atom. The Kier molecular flexibility index (Phi) is 4.48. The van der Waals surface area contributed by atoms with Crippen LogP contribution in [0.5, 0.6) is 0 Å². The number of carbonyl (C=O) groups is 1. The summed E-state index contributed by atoms with van der Waals surface area (Å²) in [5.74, 6) is -1.34. The summed E-state index contributed by atoms with van der Waals surface area (Å²) in [5.41, 5.74) is 0.187. The van der Waals surface area contributed by atoms with Gasteiger partial charge in [0.1, 0.15) is 5.82 Å². The van der Waals surface area contributed by atoms with Crippen molar-refractivity contribution < 1.29 is 14.3 Å². The van der Waals surface area contributed by atoms with E-state index in [1.54, 1.807) is 19.9 Å². The van der Waals surface area contributed by atoms with Crippen molar-refractivity contribution in [1.82, 2.24) is 5.32 Å². The van der Waals surface area contributed by atoms with Crippen LogP contribution >= 0.6 is 11.6 Å². The normalized spacial score (nSPS) is 11.5. The predicted octanol–water partition coefficient (Wildman–Crippen LogP) is 2.82. The molecule has 0 atom stereocenters. The van der Waals surface area contributed by atoms with Gasteiger partial charge in [-0.15, -0.1) is 0 Å². The predicted molar refractivity (Wildman–Crippen MR) is 64.6 cm³/mol. The monoisotopic (exact) mass is 259 g/mol.